The lowest BCUT2D eigenvalue weighted by Crippen LogP contribution is -2.31. The number of fused-ring (bicyclic) bond motifs is 1. The summed E-state index contributed by atoms with van der Waals surface area (Å²) in [5.41, 5.74) is 3.80. The maximum Gasteiger partial charge on any atom is 0.251 e. The lowest BCUT2D eigenvalue weighted by molar-refractivity contribution is -0.117. The molecule has 1 aliphatic carbocycles. The number of aryl methyl sites for hydroxylation is 1. The van der Waals surface area contributed by atoms with Gasteiger partial charge in [-0.2, -0.15) is 0 Å². The van der Waals surface area contributed by atoms with Gasteiger partial charge in [0.2, 0.25) is 5.91 Å². The Morgan fingerprint density at radius 3 is 2.81 bits per heavy atom. The average molecular weight is 364 g/mol. The van der Waals surface area contributed by atoms with Gasteiger partial charge < -0.3 is 15.0 Å². The van der Waals surface area contributed by atoms with Gasteiger partial charge in [-0.05, 0) is 67.1 Å². The molecule has 1 saturated heterocycles. The van der Waals surface area contributed by atoms with Crippen molar-refractivity contribution in [1.29, 1.82) is 0 Å². The topological polar surface area (TPSA) is 58.6 Å². The number of benzene rings is 2. The van der Waals surface area contributed by atoms with Crippen molar-refractivity contribution in [3.63, 3.8) is 0 Å². The predicted molar refractivity (Wildman–Crippen MR) is 104 cm³/mol. The molecule has 4 rings (SSSR count). The molecule has 0 unspecified atom stereocenters. The first-order chi connectivity index (χ1) is 13.2. The van der Waals surface area contributed by atoms with Gasteiger partial charge in [-0.15, -0.1) is 0 Å². The van der Waals surface area contributed by atoms with Crippen LogP contribution in [0.25, 0.3) is 0 Å². The van der Waals surface area contributed by atoms with Gasteiger partial charge in [0, 0.05) is 24.2 Å². The van der Waals surface area contributed by atoms with Crippen LogP contribution in [0.15, 0.2) is 42.5 Å². The third-order valence-corrected chi connectivity index (χ3v) is 5.46. The number of carbonyl (C=O) groups is 2. The van der Waals surface area contributed by atoms with Gasteiger partial charge in [0.25, 0.3) is 5.91 Å². The van der Waals surface area contributed by atoms with Crippen LogP contribution in [0.3, 0.4) is 0 Å². The fourth-order valence-corrected chi connectivity index (χ4v) is 4.05. The monoisotopic (exact) mass is 364 g/mol. The smallest absolute Gasteiger partial charge is 0.251 e. The first kappa shape index (κ1) is 17.6. The maximum atomic E-state index is 12.9. The van der Waals surface area contributed by atoms with Gasteiger partial charge in [-0.3, -0.25) is 9.59 Å². The molecule has 2 aliphatic rings. The number of anilines is 1. The van der Waals surface area contributed by atoms with Crippen molar-refractivity contribution in [3.8, 4) is 5.75 Å². The van der Waals surface area contributed by atoms with Gasteiger partial charge in [-0.25, -0.2) is 0 Å². The van der Waals surface area contributed by atoms with Crippen LogP contribution in [0.2, 0.25) is 0 Å². The zero-order valence-corrected chi connectivity index (χ0v) is 15.5. The number of carbonyl (C=O) groups excluding carboxylic acids is 2. The molecule has 0 saturated carbocycles. The summed E-state index contributed by atoms with van der Waals surface area (Å²) in [6.45, 7) is 0.724. The molecular weight excluding hydrogens is 340 g/mol. The third-order valence-electron chi connectivity index (χ3n) is 5.46. The highest BCUT2D eigenvalue weighted by Crippen LogP contribution is 2.32. The van der Waals surface area contributed by atoms with Crippen molar-refractivity contribution >= 4 is 17.5 Å². The molecule has 1 heterocycles. The van der Waals surface area contributed by atoms with Gasteiger partial charge in [0.05, 0.1) is 13.2 Å². The van der Waals surface area contributed by atoms with E-state index in [4.69, 9.17) is 4.74 Å². The molecule has 0 radical (unpaired) electrons. The van der Waals surface area contributed by atoms with E-state index >= 15 is 0 Å². The van der Waals surface area contributed by atoms with E-state index in [0.717, 1.165) is 43.7 Å². The fourth-order valence-electron chi connectivity index (χ4n) is 4.05. The molecular formula is C22H24N2O3. The number of methoxy groups -OCH3 is 1. The van der Waals surface area contributed by atoms with Gasteiger partial charge in [0.15, 0.2) is 0 Å². The van der Waals surface area contributed by atoms with E-state index in [1.807, 2.05) is 24.3 Å². The quantitative estimate of drug-likeness (QED) is 0.901. The van der Waals surface area contributed by atoms with E-state index < -0.39 is 0 Å². The highest BCUT2D eigenvalue weighted by molar-refractivity contribution is 5.99. The number of nitrogens with one attached hydrogen (secondary N) is 1. The van der Waals surface area contributed by atoms with Crippen molar-refractivity contribution in [1.82, 2.24) is 5.32 Å². The second-order valence-electron chi connectivity index (χ2n) is 7.18. The van der Waals surface area contributed by atoms with E-state index in [0.29, 0.717) is 12.0 Å². The molecule has 2 amide bonds. The van der Waals surface area contributed by atoms with Crippen LogP contribution in [-0.4, -0.2) is 25.5 Å². The predicted octanol–water partition coefficient (Wildman–Crippen LogP) is 3.63. The van der Waals surface area contributed by atoms with E-state index in [1.54, 1.807) is 18.1 Å². The highest BCUT2D eigenvalue weighted by atomic mass is 16.5. The minimum absolute atomic E-state index is 0.00392. The number of hydrogen-bond acceptors (Lipinski definition) is 3. The molecule has 0 bridgehead atoms. The lowest BCUT2D eigenvalue weighted by atomic mass is 9.87. The summed E-state index contributed by atoms with van der Waals surface area (Å²) in [5, 5.41) is 3.17. The van der Waals surface area contributed by atoms with E-state index in [-0.39, 0.29) is 17.9 Å². The van der Waals surface area contributed by atoms with E-state index in [1.165, 1.54) is 11.1 Å². The van der Waals surface area contributed by atoms with Crippen molar-refractivity contribution in [2.45, 2.75) is 38.1 Å². The zero-order valence-electron chi connectivity index (χ0n) is 15.5. The maximum absolute atomic E-state index is 12.9. The summed E-state index contributed by atoms with van der Waals surface area (Å²) >= 11 is 0. The van der Waals surface area contributed by atoms with E-state index in [2.05, 4.69) is 17.4 Å². The molecule has 5 nitrogen and oxygen atoms in total. The third kappa shape index (κ3) is 3.54. The molecule has 140 valence electrons. The van der Waals surface area contributed by atoms with Crippen LogP contribution < -0.4 is 15.0 Å². The number of amides is 2. The van der Waals surface area contributed by atoms with E-state index in [9.17, 15) is 9.59 Å². The number of ether oxygens (including phenoxy) is 1. The average Bonchev–Trinajstić information content (AvgIpc) is 3.13. The van der Waals surface area contributed by atoms with Crippen molar-refractivity contribution in [3.05, 3.63) is 59.2 Å². The summed E-state index contributed by atoms with van der Waals surface area (Å²) in [6.07, 6.45) is 4.42. The molecule has 1 fully saturated rings. The summed E-state index contributed by atoms with van der Waals surface area (Å²) in [6, 6.07) is 13.4. The standard InChI is InChI=1S/C22H24N2O3/c1-27-18-10-11-19-15(14-18)5-3-8-20(19)23-22(26)16-6-2-7-17(13-16)24-12-4-9-21(24)25/h2,6-7,10-11,13-14,20H,3-5,8-9,12H2,1H3,(H,23,26)/t20-/m0/s1. The van der Waals surface area contributed by atoms with Gasteiger partial charge >= 0.3 is 0 Å². The fraction of sp³-hybridized carbons (Fsp3) is 0.364. The number of rotatable bonds is 4. The second kappa shape index (κ2) is 7.43. The van der Waals surface area contributed by atoms with Crippen LogP contribution in [0.5, 0.6) is 5.75 Å². The molecule has 0 aromatic heterocycles. The van der Waals surface area contributed by atoms with Crippen molar-refractivity contribution in [2.75, 3.05) is 18.6 Å². The number of nitrogens with zero attached hydrogens (tertiary/aromatic N) is 1. The van der Waals surface area contributed by atoms with Crippen LogP contribution in [0, 0.1) is 0 Å². The largest absolute Gasteiger partial charge is 0.497 e. The number of hydrogen-bond donors (Lipinski definition) is 1. The van der Waals surface area contributed by atoms with Crippen molar-refractivity contribution in [2.24, 2.45) is 0 Å². The van der Waals surface area contributed by atoms with Crippen molar-refractivity contribution < 1.29 is 14.3 Å². The Balaban J connectivity index is 1.53. The first-order valence-electron chi connectivity index (χ1n) is 9.54. The lowest BCUT2D eigenvalue weighted by Gasteiger charge is -2.27. The Morgan fingerprint density at radius 2 is 2.04 bits per heavy atom. The Kier molecular flexibility index (Phi) is 4.84. The molecule has 1 N–H and O–H groups in total. The second-order valence-corrected chi connectivity index (χ2v) is 7.18. The Morgan fingerprint density at radius 1 is 1.15 bits per heavy atom. The minimum Gasteiger partial charge on any atom is -0.497 e. The molecule has 27 heavy (non-hydrogen) atoms. The summed E-state index contributed by atoms with van der Waals surface area (Å²) in [4.78, 5) is 26.6. The highest BCUT2D eigenvalue weighted by Gasteiger charge is 2.25. The SMILES string of the molecule is COc1ccc2c(c1)CCC[C@@H]2NC(=O)c1cccc(N2CCCC2=O)c1. The van der Waals surface area contributed by atoms with Crippen LogP contribution in [0.4, 0.5) is 5.69 Å². The molecule has 2 aromatic rings. The molecule has 2 aromatic carbocycles. The summed E-state index contributed by atoms with van der Waals surface area (Å²) in [5.74, 6) is 0.878. The van der Waals surface area contributed by atoms with Crippen LogP contribution >= 0.6 is 0 Å². The Labute approximate surface area is 159 Å². The molecule has 1 aliphatic heterocycles. The zero-order chi connectivity index (χ0) is 18.8. The Bertz CT molecular complexity index is 878. The minimum atomic E-state index is -0.0998. The molecule has 1 atom stereocenters. The van der Waals surface area contributed by atoms with Crippen LogP contribution in [-0.2, 0) is 11.2 Å². The van der Waals surface area contributed by atoms with Crippen LogP contribution in [0.1, 0.15) is 53.2 Å². The first-order valence-corrected chi connectivity index (χ1v) is 9.54. The summed E-state index contributed by atoms with van der Waals surface area (Å²) in [7, 11) is 1.67. The van der Waals surface area contributed by atoms with Gasteiger partial charge in [-0.1, -0.05) is 12.1 Å². The normalized spacial score (nSPS) is 18.9. The van der Waals surface area contributed by atoms with Gasteiger partial charge in [0.1, 0.15) is 5.75 Å². The Hall–Kier alpha value is -2.82. The summed E-state index contributed by atoms with van der Waals surface area (Å²) < 4.78 is 5.32. The molecule has 0 spiro atoms. The molecule has 5 heteroatoms.